The molecule has 0 atom stereocenters. The van der Waals surface area contributed by atoms with Crippen molar-refractivity contribution in [3.8, 4) is 11.4 Å². The number of hydrogen-bond donors (Lipinski definition) is 1. The average molecular weight is 459 g/mol. The Balaban J connectivity index is 1.33. The van der Waals surface area contributed by atoms with Crippen LogP contribution in [-0.4, -0.2) is 53.6 Å². The molecule has 0 fully saturated rings. The van der Waals surface area contributed by atoms with Crippen LogP contribution in [0.5, 0.6) is 5.75 Å². The van der Waals surface area contributed by atoms with Crippen LogP contribution in [0, 0.1) is 0 Å². The van der Waals surface area contributed by atoms with Crippen molar-refractivity contribution in [3.63, 3.8) is 0 Å². The molecule has 1 heterocycles. The second-order valence-electron chi connectivity index (χ2n) is 8.06. The number of benzene rings is 2. The SMILES string of the molecule is C=CCN(CCCNC(=O)C/C=C/c1ccc(-n2ccnc2)cc1)CCc1ccc(OC)cc1. The topological polar surface area (TPSA) is 59.4 Å². The highest BCUT2D eigenvalue weighted by Gasteiger charge is 2.05. The van der Waals surface area contributed by atoms with Gasteiger partial charge < -0.3 is 14.6 Å². The summed E-state index contributed by atoms with van der Waals surface area (Å²) in [6.45, 7) is 7.25. The smallest absolute Gasteiger partial charge is 0.223 e. The summed E-state index contributed by atoms with van der Waals surface area (Å²) >= 11 is 0. The fourth-order valence-electron chi connectivity index (χ4n) is 3.63. The Morgan fingerprint density at radius 3 is 2.62 bits per heavy atom. The molecule has 3 aromatic rings. The predicted molar refractivity (Wildman–Crippen MR) is 138 cm³/mol. The first kappa shape index (κ1) is 25.0. The molecule has 0 saturated heterocycles. The van der Waals surface area contributed by atoms with Crippen LogP contribution >= 0.6 is 0 Å². The number of hydrogen-bond acceptors (Lipinski definition) is 4. The molecule has 0 bridgehead atoms. The summed E-state index contributed by atoms with van der Waals surface area (Å²) in [4.78, 5) is 18.6. The average Bonchev–Trinajstić information content (AvgIpc) is 3.41. The number of rotatable bonds is 14. The zero-order valence-corrected chi connectivity index (χ0v) is 19.9. The number of amides is 1. The van der Waals surface area contributed by atoms with Gasteiger partial charge in [-0.05, 0) is 48.2 Å². The van der Waals surface area contributed by atoms with Gasteiger partial charge in [0.15, 0.2) is 0 Å². The summed E-state index contributed by atoms with van der Waals surface area (Å²) in [6.07, 6.45) is 13.5. The molecule has 2 aromatic carbocycles. The molecule has 3 rings (SSSR count). The van der Waals surface area contributed by atoms with Crippen molar-refractivity contribution in [1.82, 2.24) is 19.8 Å². The van der Waals surface area contributed by atoms with E-state index in [-0.39, 0.29) is 5.91 Å². The van der Waals surface area contributed by atoms with Gasteiger partial charge in [0.2, 0.25) is 5.91 Å². The van der Waals surface area contributed by atoms with E-state index in [4.69, 9.17) is 4.74 Å². The first-order valence-electron chi connectivity index (χ1n) is 11.7. The maximum atomic E-state index is 12.2. The molecule has 1 N–H and O–H groups in total. The van der Waals surface area contributed by atoms with Crippen molar-refractivity contribution in [1.29, 1.82) is 0 Å². The number of imidazole rings is 1. The zero-order chi connectivity index (χ0) is 24.0. The molecule has 0 aliphatic heterocycles. The van der Waals surface area contributed by atoms with Gasteiger partial charge in [-0.15, -0.1) is 6.58 Å². The molecule has 178 valence electrons. The van der Waals surface area contributed by atoms with Crippen LogP contribution in [0.4, 0.5) is 0 Å². The molecule has 0 aliphatic carbocycles. The Kier molecular flexibility index (Phi) is 10.1. The number of ether oxygens (including phenoxy) is 1. The number of nitrogens with one attached hydrogen (secondary N) is 1. The molecule has 6 heteroatoms. The van der Waals surface area contributed by atoms with Crippen molar-refractivity contribution >= 4 is 12.0 Å². The van der Waals surface area contributed by atoms with Crippen LogP contribution in [0.25, 0.3) is 11.8 Å². The van der Waals surface area contributed by atoms with Crippen LogP contribution in [0.2, 0.25) is 0 Å². The minimum absolute atomic E-state index is 0.0415. The Bertz CT molecular complexity index is 1030. The molecule has 0 unspecified atom stereocenters. The van der Waals surface area contributed by atoms with E-state index < -0.39 is 0 Å². The molecule has 0 radical (unpaired) electrons. The highest BCUT2D eigenvalue weighted by Crippen LogP contribution is 2.12. The van der Waals surface area contributed by atoms with Crippen LogP contribution in [0.3, 0.4) is 0 Å². The predicted octanol–water partition coefficient (Wildman–Crippen LogP) is 4.52. The fraction of sp³-hybridized carbons (Fsp3) is 0.286. The second kappa shape index (κ2) is 13.8. The number of methoxy groups -OCH3 is 1. The molecule has 6 nitrogen and oxygen atoms in total. The maximum absolute atomic E-state index is 12.2. The molecular formula is C28H34N4O2. The van der Waals surface area contributed by atoms with Crippen LogP contribution in [0.1, 0.15) is 24.0 Å². The van der Waals surface area contributed by atoms with Gasteiger partial charge in [-0.1, -0.05) is 42.5 Å². The lowest BCUT2D eigenvalue weighted by atomic mass is 10.1. The van der Waals surface area contributed by atoms with Gasteiger partial charge >= 0.3 is 0 Å². The molecule has 0 aliphatic rings. The molecular weight excluding hydrogens is 424 g/mol. The van der Waals surface area contributed by atoms with E-state index in [2.05, 4.69) is 33.9 Å². The molecule has 34 heavy (non-hydrogen) atoms. The monoisotopic (exact) mass is 458 g/mol. The number of nitrogens with zero attached hydrogens (tertiary/aromatic N) is 3. The van der Waals surface area contributed by atoms with Crippen molar-refractivity contribution in [2.45, 2.75) is 19.3 Å². The standard InChI is InChI=1S/C28H34N4O2/c1-3-19-31(21-16-25-10-14-27(34-2)15-11-25)20-5-17-30-28(33)7-4-6-24-8-12-26(13-9-24)32-22-18-29-23-32/h3-4,6,8-15,18,22-23H,1,5,7,16-17,19-21H2,2H3,(H,30,33)/b6-4+. The minimum atomic E-state index is 0.0415. The summed E-state index contributed by atoms with van der Waals surface area (Å²) in [6, 6.07) is 16.3. The Morgan fingerprint density at radius 2 is 1.94 bits per heavy atom. The quantitative estimate of drug-likeness (QED) is 0.285. The molecule has 1 amide bonds. The molecule has 1 aromatic heterocycles. The lowest BCUT2D eigenvalue weighted by molar-refractivity contribution is -0.120. The zero-order valence-electron chi connectivity index (χ0n) is 19.9. The van der Waals surface area contributed by atoms with Gasteiger partial charge in [0.25, 0.3) is 0 Å². The third-order valence-corrected chi connectivity index (χ3v) is 5.55. The highest BCUT2D eigenvalue weighted by atomic mass is 16.5. The van der Waals surface area contributed by atoms with E-state index in [0.717, 1.165) is 49.5 Å². The first-order chi connectivity index (χ1) is 16.7. The Hall–Kier alpha value is -3.64. The van der Waals surface area contributed by atoms with Crippen LogP contribution in [-0.2, 0) is 11.2 Å². The fourth-order valence-corrected chi connectivity index (χ4v) is 3.63. The van der Waals surface area contributed by atoms with Gasteiger partial charge in [0.05, 0.1) is 13.4 Å². The number of carbonyl (C=O) groups is 1. The van der Waals surface area contributed by atoms with Gasteiger partial charge in [0.1, 0.15) is 5.75 Å². The number of carbonyl (C=O) groups excluding carboxylic acids is 1. The molecule has 0 saturated carbocycles. The highest BCUT2D eigenvalue weighted by molar-refractivity contribution is 5.78. The molecule has 0 spiro atoms. The third kappa shape index (κ3) is 8.37. The lowest BCUT2D eigenvalue weighted by Crippen LogP contribution is -2.31. The third-order valence-electron chi connectivity index (χ3n) is 5.55. The lowest BCUT2D eigenvalue weighted by Gasteiger charge is -2.20. The summed E-state index contributed by atoms with van der Waals surface area (Å²) in [5.41, 5.74) is 3.40. The van der Waals surface area contributed by atoms with Crippen LogP contribution in [0.15, 0.2) is 86.0 Å². The van der Waals surface area contributed by atoms with Gasteiger partial charge in [-0.2, -0.15) is 0 Å². The summed E-state index contributed by atoms with van der Waals surface area (Å²) in [7, 11) is 1.68. The van der Waals surface area contributed by atoms with Crippen molar-refractivity contribution < 1.29 is 9.53 Å². The normalized spacial score (nSPS) is 11.1. The number of aromatic nitrogens is 2. The van der Waals surface area contributed by atoms with E-state index in [1.807, 2.05) is 65.4 Å². The van der Waals surface area contributed by atoms with Gasteiger partial charge in [0, 0.05) is 50.7 Å². The van der Waals surface area contributed by atoms with E-state index in [0.29, 0.717) is 13.0 Å². The first-order valence-corrected chi connectivity index (χ1v) is 11.7. The summed E-state index contributed by atoms with van der Waals surface area (Å²) < 4.78 is 7.17. The van der Waals surface area contributed by atoms with Gasteiger partial charge in [-0.3, -0.25) is 9.69 Å². The van der Waals surface area contributed by atoms with E-state index in [1.165, 1.54) is 5.56 Å². The minimum Gasteiger partial charge on any atom is -0.497 e. The Labute approximate surface area is 202 Å². The van der Waals surface area contributed by atoms with Crippen molar-refractivity contribution in [3.05, 3.63) is 97.1 Å². The van der Waals surface area contributed by atoms with E-state index in [9.17, 15) is 4.79 Å². The maximum Gasteiger partial charge on any atom is 0.223 e. The largest absolute Gasteiger partial charge is 0.497 e. The van der Waals surface area contributed by atoms with E-state index in [1.54, 1.807) is 19.6 Å². The van der Waals surface area contributed by atoms with Crippen molar-refractivity contribution in [2.24, 2.45) is 0 Å². The summed E-state index contributed by atoms with van der Waals surface area (Å²) in [5.74, 6) is 0.917. The second-order valence-corrected chi connectivity index (χ2v) is 8.06. The van der Waals surface area contributed by atoms with Crippen molar-refractivity contribution in [2.75, 3.05) is 33.3 Å². The van der Waals surface area contributed by atoms with Crippen LogP contribution < -0.4 is 10.1 Å². The Morgan fingerprint density at radius 1 is 1.15 bits per heavy atom. The van der Waals surface area contributed by atoms with E-state index >= 15 is 0 Å². The summed E-state index contributed by atoms with van der Waals surface area (Å²) in [5, 5.41) is 3.01. The van der Waals surface area contributed by atoms with Gasteiger partial charge in [-0.25, -0.2) is 4.98 Å².